The van der Waals surface area contributed by atoms with Crippen molar-refractivity contribution in [2.45, 2.75) is 44.8 Å². The van der Waals surface area contributed by atoms with Crippen molar-refractivity contribution in [3.05, 3.63) is 33.8 Å². The molecule has 0 saturated carbocycles. The maximum atomic E-state index is 12.6. The molecule has 1 heterocycles. The number of amides is 1. The van der Waals surface area contributed by atoms with Crippen molar-refractivity contribution in [2.24, 2.45) is 0 Å². The lowest BCUT2D eigenvalue weighted by Gasteiger charge is -2.30. The summed E-state index contributed by atoms with van der Waals surface area (Å²) in [6.07, 6.45) is 0.830. The van der Waals surface area contributed by atoms with Crippen LogP contribution in [0.1, 0.15) is 38.7 Å². The zero-order valence-corrected chi connectivity index (χ0v) is 19.4. The molecule has 2 atom stereocenters. The van der Waals surface area contributed by atoms with E-state index in [-0.39, 0.29) is 18.6 Å². The summed E-state index contributed by atoms with van der Waals surface area (Å²) in [5.41, 5.74) is 0.251. The molecular weight excluding hydrogens is 439 g/mol. The van der Waals surface area contributed by atoms with Crippen molar-refractivity contribution in [3.8, 4) is 0 Å². The number of hydrogen-bond donors (Lipinski definition) is 1. The summed E-state index contributed by atoms with van der Waals surface area (Å²) in [7, 11) is -3.30. The normalized spacial score (nSPS) is 21.0. The molecule has 7 nitrogen and oxygen atoms in total. The Morgan fingerprint density at radius 2 is 2.00 bits per heavy atom. The van der Waals surface area contributed by atoms with Crippen molar-refractivity contribution in [1.29, 1.82) is 0 Å². The number of carbonyl (C=O) groups is 1. The number of benzene rings is 1. The first-order valence-corrected chi connectivity index (χ1v) is 12.0. The van der Waals surface area contributed by atoms with Gasteiger partial charge in [-0.2, -0.15) is 0 Å². The van der Waals surface area contributed by atoms with E-state index in [4.69, 9.17) is 32.7 Å². The number of nitrogens with zero attached hydrogens (tertiary/aromatic N) is 1. The van der Waals surface area contributed by atoms with Crippen LogP contribution in [0.5, 0.6) is 0 Å². The number of halogens is 2. The maximum Gasteiger partial charge on any atom is 0.410 e. The minimum Gasteiger partial charge on any atom is -0.444 e. The second-order valence-electron chi connectivity index (χ2n) is 8.07. The summed E-state index contributed by atoms with van der Waals surface area (Å²) in [4.78, 5) is 14.2. The van der Waals surface area contributed by atoms with Crippen LogP contribution in [0.15, 0.2) is 18.2 Å². The minimum atomic E-state index is -3.30. The van der Waals surface area contributed by atoms with Gasteiger partial charge in [-0.25, -0.2) is 17.9 Å². The van der Waals surface area contributed by atoms with E-state index in [2.05, 4.69) is 4.72 Å². The number of nitrogens with one attached hydrogen (secondary N) is 1. The van der Waals surface area contributed by atoms with Gasteiger partial charge < -0.3 is 14.4 Å². The Kier molecular flexibility index (Phi) is 8.21. The van der Waals surface area contributed by atoms with Crippen LogP contribution in [0.2, 0.25) is 10.0 Å². The number of rotatable bonds is 5. The van der Waals surface area contributed by atoms with Gasteiger partial charge in [0.05, 0.1) is 29.0 Å². The quantitative estimate of drug-likeness (QED) is 0.715. The Morgan fingerprint density at radius 1 is 1.31 bits per heavy atom. The Bertz CT molecular complexity index is 826. The molecule has 2 rings (SSSR count). The van der Waals surface area contributed by atoms with E-state index in [1.54, 1.807) is 17.0 Å². The fourth-order valence-electron chi connectivity index (χ4n) is 3.10. The molecule has 1 aromatic rings. The molecule has 1 N–H and O–H groups in total. The van der Waals surface area contributed by atoms with Gasteiger partial charge in [0.2, 0.25) is 10.0 Å². The lowest BCUT2D eigenvalue weighted by molar-refractivity contribution is 0.0229. The van der Waals surface area contributed by atoms with Gasteiger partial charge in [0.25, 0.3) is 0 Å². The number of sulfonamides is 1. The number of carbonyl (C=O) groups excluding carboxylic acids is 1. The van der Waals surface area contributed by atoms with Gasteiger partial charge in [-0.3, -0.25) is 0 Å². The molecular formula is C19H28Cl2N2O5S. The zero-order chi connectivity index (χ0) is 21.8. The molecule has 10 heteroatoms. The van der Waals surface area contributed by atoms with Crippen molar-refractivity contribution < 1.29 is 22.7 Å². The fraction of sp³-hybridized carbons (Fsp3) is 0.632. The van der Waals surface area contributed by atoms with Gasteiger partial charge in [0.1, 0.15) is 5.60 Å². The molecule has 0 radical (unpaired) electrons. The van der Waals surface area contributed by atoms with Gasteiger partial charge in [-0.1, -0.05) is 29.3 Å². The van der Waals surface area contributed by atoms with Crippen LogP contribution in [0.25, 0.3) is 0 Å². The first-order chi connectivity index (χ1) is 13.4. The van der Waals surface area contributed by atoms with E-state index in [0.717, 1.165) is 11.8 Å². The summed E-state index contributed by atoms with van der Waals surface area (Å²) in [6, 6.07) is 5.30. The predicted molar refractivity (Wildman–Crippen MR) is 114 cm³/mol. The number of ether oxygens (including phenoxy) is 2. The van der Waals surface area contributed by atoms with Crippen molar-refractivity contribution in [2.75, 3.05) is 32.5 Å². The molecule has 0 aliphatic carbocycles. The van der Waals surface area contributed by atoms with Crippen LogP contribution >= 0.6 is 23.2 Å². The van der Waals surface area contributed by atoms with Crippen LogP contribution in [0.4, 0.5) is 4.79 Å². The van der Waals surface area contributed by atoms with Crippen molar-refractivity contribution >= 4 is 39.3 Å². The van der Waals surface area contributed by atoms with Gasteiger partial charge in [0, 0.05) is 25.6 Å². The molecule has 1 aromatic carbocycles. The minimum absolute atomic E-state index is 0.221. The average Bonchev–Trinajstić information content (AvgIpc) is 2.77. The first-order valence-electron chi connectivity index (χ1n) is 9.35. The molecule has 1 amide bonds. The predicted octanol–water partition coefficient (Wildman–Crippen LogP) is 3.65. The molecule has 29 heavy (non-hydrogen) atoms. The SMILES string of the molecule is CC(C)(C)OC(=O)N1CCO[C@@H](CCNS(C)(=O)=O)[C@H](c2ccc(Cl)c(Cl)c2)C1. The van der Waals surface area contributed by atoms with E-state index in [9.17, 15) is 13.2 Å². The zero-order valence-electron chi connectivity index (χ0n) is 17.1. The summed E-state index contributed by atoms with van der Waals surface area (Å²) in [5.74, 6) is -0.221. The van der Waals surface area contributed by atoms with E-state index in [1.165, 1.54) is 0 Å². The second kappa shape index (κ2) is 9.83. The molecule has 1 saturated heterocycles. The smallest absolute Gasteiger partial charge is 0.410 e. The lowest BCUT2D eigenvalue weighted by Crippen LogP contribution is -2.40. The summed E-state index contributed by atoms with van der Waals surface area (Å²) >= 11 is 12.3. The molecule has 0 unspecified atom stereocenters. The summed E-state index contributed by atoms with van der Waals surface area (Å²) in [5, 5.41) is 0.842. The highest BCUT2D eigenvalue weighted by Crippen LogP contribution is 2.32. The van der Waals surface area contributed by atoms with Crippen LogP contribution < -0.4 is 4.72 Å². The van der Waals surface area contributed by atoms with Crippen LogP contribution in [-0.4, -0.2) is 63.6 Å². The Balaban J connectivity index is 2.25. The van der Waals surface area contributed by atoms with E-state index >= 15 is 0 Å². The van der Waals surface area contributed by atoms with E-state index in [1.807, 2.05) is 26.8 Å². The maximum absolute atomic E-state index is 12.6. The van der Waals surface area contributed by atoms with Crippen molar-refractivity contribution in [1.82, 2.24) is 9.62 Å². The topological polar surface area (TPSA) is 84.9 Å². The summed E-state index contributed by atoms with van der Waals surface area (Å²) < 4.78 is 36.8. The average molecular weight is 467 g/mol. The monoisotopic (exact) mass is 466 g/mol. The highest BCUT2D eigenvalue weighted by molar-refractivity contribution is 7.88. The van der Waals surface area contributed by atoms with Gasteiger partial charge in [-0.05, 0) is 44.9 Å². The van der Waals surface area contributed by atoms with Gasteiger partial charge >= 0.3 is 6.09 Å². The molecule has 0 aromatic heterocycles. The molecule has 1 aliphatic rings. The largest absolute Gasteiger partial charge is 0.444 e. The Hall–Kier alpha value is -1.06. The molecule has 0 bridgehead atoms. The molecule has 1 fully saturated rings. The van der Waals surface area contributed by atoms with E-state index < -0.39 is 21.7 Å². The van der Waals surface area contributed by atoms with Gasteiger partial charge in [0.15, 0.2) is 0 Å². The third-order valence-electron chi connectivity index (χ3n) is 4.38. The standard InChI is InChI=1S/C19H28Cl2N2O5S/c1-19(2,3)28-18(24)23-9-10-27-17(7-8-22-29(4,25)26)14(12-23)13-5-6-15(20)16(21)11-13/h5-6,11,14,17,22H,7-10,12H2,1-4H3/t14-,17-/m0/s1. The summed E-state index contributed by atoms with van der Waals surface area (Å²) in [6.45, 7) is 6.73. The van der Waals surface area contributed by atoms with Crippen LogP contribution in [0.3, 0.4) is 0 Å². The molecule has 164 valence electrons. The third kappa shape index (κ3) is 7.94. The van der Waals surface area contributed by atoms with E-state index in [0.29, 0.717) is 36.2 Å². The fourth-order valence-corrected chi connectivity index (χ4v) is 3.90. The molecule has 1 aliphatic heterocycles. The highest BCUT2D eigenvalue weighted by atomic mass is 35.5. The third-order valence-corrected chi connectivity index (χ3v) is 5.84. The Labute approximate surface area is 182 Å². The first kappa shape index (κ1) is 24.2. The highest BCUT2D eigenvalue weighted by Gasteiger charge is 2.33. The van der Waals surface area contributed by atoms with Crippen molar-refractivity contribution in [3.63, 3.8) is 0 Å². The lowest BCUT2D eigenvalue weighted by atomic mass is 9.91. The Morgan fingerprint density at radius 3 is 2.59 bits per heavy atom. The van der Waals surface area contributed by atoms with Gasteiger partial charge in [-0.15, -0.1) is 0 Å². The second-order valence-corrected chi connectivity index (χ2v) is 10.7. The van der Waals surface area contributed by atoms with Crippen LogP contribution in [-0.2, 0) is 19.5 Å². The van der Waals surface area contributed by atoms with Crippen LogP contribution in [0, 0.1) is 0 Å². The number of hydrogen-bond acceptors (Lipinski definition) is 5. The molecule has 0 spiro atoms.